The molecule has 1 aromatic heterocycles. The number of aryl methyl sites for hydroxylation is 1. The highest BCUT2D eigenvalue weighted by molar-refractivity contribution is 5.73. The molecule has 5 heteroatoms. The summed E-state index contributed by atoms with van der Waals surface area (Å²) >= 11 is 0. The fourth-order valence-electron chi connectivity index (χ4n) is 3.33. The molecule has 2 aliphatic rings. The number of tetrazole rings is 1. The van der Waals surface area contributed by atoms with E-state index in [0.29, 0.717) is 0 Å². The second-order valence-electron chi connectivity index (χ2n) is 6.56. The standard InChI is InChI=1S/C16H21N5/c1-10-3-2-4-13(15(10)17)16-18-19-20-21(16)9-14(11-5-6-11)12-7-8-12/h2-4,11-12,14H,5-9,17H2,1H3. The van der Waals surface area contributed by atoms with Gasteiger partial charge in [0.25, 0.3) is 0 Å². The van der Waals surface area contributed by atoms with Crippen molar-refractivity contribution in [1.29, 1.82) is 0 Å². The number of hydrogen-bond donors (Lipinski definition) is 1. The molecular weight excluding hydrogens is 262 g/mol. The molecule has 0 spiro atoms. The highest BCUT2D eigenvalue weighted by atomic mass is 15.5. The van der Waals surface area contributed by atoms with Gasteiger partial charge >= 0.3 is 0 Å². The topological polar surface area (TPSA) is 69.6 Å². The van der Waals surface area contributed by atoms with Crippen molar-refractivity contribution < 1.29 is 0 Å². The minimum absolute atomic E-state index is 0.748. The van der Waals surface area contributed by atoms with Crippen LogP contribution in [0.25, 0.3) is 11.4 Å². The van der Waals surface area contributed by atoms with Crippen molar-refractivity contribution in [2.45, 2.75) is 39.2 Å². The van der Waals surface area contributed by atoms with Gasteiger partial charge in [-0.15, -0.1) is 5.10 Å². The number of aromatic nitrogens is 4. The van der Waals surface area contributed by atoms with Crippen LogP contribution in [-0.4, -0.2) is 20.2 Å². The quantitative estimate of drug-likeness (QED) is 0.856. The maximum absolute atomic E-state index is 6.21. The van der Waals surface area contributed by atoms with Crippen LogP contribution in [0.4, 0.5) is 5.69 Å². The first-order valence-corrected chi connectivity index (χ1v) is 7.85. The van der Waals surface area contributed by atoms with Gasteiger partial charge in [-0.25, -0.2) is 4.68 Å². The largest absolute Gasteiger partial charge is 0.398 e. The van der Waals surface area contributed by atoms with Crippen LogP contribution in [0.3, 0.4) is 0 Å². The Morgan fingerprint density at radius 2 is 1.95 bits per heavy atom. The van der Waals surface area contributed by atoms with Crippen LogP contribution in [0.15, 0.2) is 18.2 Å². The molecule has 0 amide bonds. The predicted octanol–water partition coefficient (Wildman–Crippen LogP) is 2.67. The fourth-order valence-corrected chi connectivity index (χ4v) is 3.33. The van der Waals surface area contributed by atoms with Crippen molar-refractivity contribution in [3.63, 3.8) is 0 Å². The maximum atomic E-state index is 6.21. The summed E-state index contributed by atoms with van der Waals surface area (Å²) in [5.74, 6) is 3.34. The van der Waals surface area contributed by atoms with Gasteiger partial charge < -0.3 is 5.73 Å². The lowest BCUT2D eigenvalue weighted by molar-refractivity contribution is 0.331. The molecule has 4 rings (SSSR count). The first-order chi connectivity index (χ1) is 10.2. The Bertz CT molecular complexity index is 642. The average molecular weight is 283 g/mol. The molecule has 2 aliphatic carbocycles. The van der Waals surface area contributed by atoms with Crippen molar-refractivity contribution in [1.82, 2.24) is 20.2 Å². The van der Waals surface area contributed by atoms with Gasteiger partial charge in [0.05, 0.1) is 0 Å². The first kappa shape index (κ1) is 12.8. The van der Waals surface area contributed by atoms with E-state index in [1.54, 1.807) is 0 Å². The van der Waals surface area contributed by atoms with E-state index in [9.17, 15) is 0 Å². The Morgan fingerprint density at radius 1 is 1.24 bits per heavy atom. The molecule has 2 fully saturated rings. The van der Waals surface area contributed by atoms with E-state index in [1.807, 2.05) is 29.8 Å². The summed E-state index contributed by atoms with van der Waals surface area (Å²) in [6.45, 7) is 2.95. The number of para-hydroxylation sites is 1. The van der Waals surface area contributed by atoms with E-state index in [4.69, 9.17) is 5.73 Å². The lowest BCUT2D eigenvalue weighted by Crippen LogP contribution is -2.17. The molecule has 5 nitrogen and oxygen atoms in total. The second kappa shape index (κ2) is 4.83. The van der Waals surface area contributed by atoms with E-state index < -0.39 is 0 Å². The molecule has 21 heavy (non-hydrogen) atoms. The Labute approximate surface area is 124 Å². The van der Waals surface area contributed by atoms with Gasteiger partial charge in [0.15, 0.2) is 5.82 Å². The maximum Gasteiger partial charge on any atom is 0.184 e. The van der Waals surface area contributed by atoms with Crippen LogP contribution < -0.4 is 5.73 Å². The van der Waals surface area contributed by atoms with Gasteiger partial charge in [0, 0.05) is 17.8 Å². The molecule has 0 saturated heterocycles. The summed E-state index contributed by atoms with van der Waals surface area (Å²) < 4.78 is 1.96. The third-order valence-corrected chi connectivity index (χ3v) is 4.94. The highest BCUT2D eigenvalue weighted by Gasteiger charge is 2.42. The number of rotatable bonds is 5. The molecule has 1 heterocycles. The van der Waals surface area contributed by atoms with Crippen molar-refractivity contribution in [2.24, 2.45) is 17.8 Å². The SMILES string of the molecule is Cc1cccc(-c2nnnn2CC(C2CC2)C2CC2)c1N. The van der Waals surface area contributed by atoms with Crippen LogP contribution in [0.5, 0.6) is 0 Å². The van der Waals surface area contributed by atoms with Crippen molar-refractivity contribution >= 4 is 5.69 Å². The molecule has 0 bridgehead atoms. The Kier molecular flexibility index (Phi) is 2.94. The van der Waals surface area contributed by atoms with Gasteiger partial charge in [0.2, 0.25) is 0 Å². The Morgan fingerprint density at radius 3 is 2.62 bits per heavy atom. The number of nitrogens with two attached hydrogens (primary N) is 1. The monoisotopic (exact) mass is 283 g/mol. The van der Waals surface area contributed by atoms with Crippen molar-refractivity contribution in [3.05, 3.63) is 23.8 Å². The molecule has 110 valence electrons. The zero-order valence-electron chi connectivity index (χ0n) is 12.4. The number of anilines is 1. The van der Waals surface area contributed by atoms with Crippen LogP contribution in [-0.2, 0) is 6.54 Å². The third kappa shape index (κ3) is 2.41. The summed E-state index contributed by atoms with van der Waals surface area (Å²) in [4.78, 5) is 0. The smallest absolute Gasteiger partial charge is 0.184 e. The molecule has 2 aromatic rings. The van der Waals surface area contributed by atoms with E-state index in [-0.39, 0.29) is 0 Å². The summed E-state index contributed by atoms with van der Waals surface area (Å²) in [5, 5.41) is 12.3. The zero-order chi connectivity index (χ0) is 14.4. The van der Waals surface area contributed by atoms with Gasteiger partial charge in [-0.2, -0.15) is 0 Å². The molecule has 0 atom stereocenters. The van der Waals surface area contributed by atoms with E-state index in [0.717, 1.165) is 46.9 Å². The molecule has 2 saturated carbocycles. The first-order valence-electron chi connectivity index (χ1n) is 7.85. The molecule has 0 unspecified atom stereocenters. The number of nitrogen functional groups attached to an aromatic ring is 1. The van der Waals surface area contributed by atoms with Gasteiger partial charge in [0.1, 0.15) is 0 Å². The minimum atomic E-state index is 0.748. The molecule has 2 N–H and O–H groups in total. The molecule has 0 aliphatic heterocycles. The van der Waals surface area contributed by atoms with Crippen LogP contribution in [0, 0.1) is 24.7 Å². The molecule has 0 radical (unpaired) electrons. The van der Waals surface area contributed by atoms with Gasteiger partial charge in [-0.05, 0) is 72.4 Å². The molecule has 1 aromatic carbocycles. The number of hydrogen-bond acceptors (Lipinski definition) is 4. The van der Waals surface area contributed by atoms with Crippen LogP contribution in [0.2, 0.25) is 0 Å². The fraction of sp³-hybridized carbons (Fsp3) is 0.562. The summed E-state index contributed by atoms with van der Waals surface area (Å²) in [5.41, 5.74) is 9.01. The van der Waals surface area contributed by atoms with Gasteiger partial charge in [-0.1, -0.05) is 12.1 Å². The van der Waals surface area contributed by atoms with Crippen molar-refractivity contribution in [3.8, 4) is 11.4 Å². The zero-order valence-corrected chi connectivity index (χ0v) is 12.4. The van der Waals surface area contributed by atoms with Crippen LogP contribution >= 0.6 is 0 Å². The second-order valence-corrected chi connectivity index (χ2v) is 6.56. The third-order valence-electron chi connectivity index (χ3n) is 4.94. The van der Waals surface area contributed by atoms with Gasteiger partial charge in [-0.3, -0.25) is 0 Å². The summed E-state index contributed by atoms with van der Waals surface area (Å²) in [6, 6.07) is 6.04. The number of nitrogens with zero attached hydrogens (tertiary/aromatic N) is 4. The molecular formula is C16H21N5. The highest BCUT2D eigenvalue weighted by Crippen LogP contribution is 2.50. The van der Waals surface area contributed by atoms with Crippen LogP contribution in [0.1, 0.15) is 31.2 Å². The van der Waals surface area contributed by atoms with E-state index >= 15 is 0 Å². The lowest BCUT2D eigenvalue weighted by Gasteiger charge is -2.16. The Balaban J connectivity index is 1.65. The van der Waals surface area contributed by atoms with Crippen molar-refractivity contribution in [2.75, 3.05) is 5.73 Å². The minimum Gasteiger partial charge on any atom is -0.398 e. The normalized spacial score (nSPS) is 18.4. The van der Waals surface area contributed by atoms with E-state index in [1.165, 1.54) is 25.7 Å². The summed E-state index contributed by atoms with van der Waals surface area (Å²) in [7, 11) is 0. The predicted molar refractivity (Wildman–Crippen MR) is 81.3 cm³/mol. The number of benzene rings is 1. The summed E-state index contributed by atoms with van der Waals surface area (Å²) in [6.07, 6.45) is 5.52. The van der Waals surface area contributed by atoms with E-state index in [2.05, 4.69) is 15.5 Å². The Hall–Kier alpha value is -1.91. The lowest BCUT2D eigenvalue weighted by atomic mass is 9.98. The average Bonchev–Trinajstić information content (AvgIpc) is 3.39.